The lowest BCUT2D eigenvalue weighted by Crippen LogP contribution is -2.22. The SMILES string of the molecule is CCCCCCCCN1c2cc3ccc(F)cc3cc2Oc2cc3cc(F)ccc3cc21. The van der Waals surface area contributed by atoms with Gasteiger partial charge in [-0.3, -0.25) is 0 Å². The van der Waals surface area contributed by atoms with Crippen molar-refractivity contribution in [2.45, 2.75) is 45.4 Å². The van der Waals surface area contributed by atoms with Gasteiger partial charge < -0.3 is 9.64 Å². The maximum Gasteiger partial charge on any atom is 0.151 e. The van der Waals surface area contributed by atoms with Gasteiger partial charge in [-0.2, -0.15) is 0 Å². The fourth-order valence-electron chi connectivity index (χ4n) is 4.60. The molecular weight excluding hydrogens is 404 g/mol. The molecule has 0 spiro atoms. The molecule has 0 saturated carbocycles. The number of ether oxygens (including phenoxy) is 1. The summed E-state index contributed by atoms with van der Waals surface area (Å²) >= 11 is 0. The second-order valence-electron chi connectivity index (χ2n) is 8.64. The molecule has 1 aliphatic heterocycles. The van der Waals surface area contributed by atoms with Crippen LogP contribution in [0.1, 0.15) is 45.4 Å². The molecule has 0 aromatic heterocycles. The molecule has 0 fully saturated rings. The first-order chi connectivity index (χ1) is 15.6. The van der Waals surface area contributed by atoms with Crippen LogP contribution in [0.3, 0.4) is 0 Å². The largest absolute Gasteiger partial charge is 0.453 e. The van der Waals surface area contributed by atoms with Gasteiger partial charge in [0.2, 0.25) is 0 Å². The van der Waals surface area contributed by atoms with Gasteiger partial charge in [-0.1, -0.05) is 51.2 Å². The predicted molar refractivity (Wildman–Crippen MR) is 128 cm³/mol. The molecule has 164 valence electrons. The van der Waals surface area contributed by atoms with Gasteiger partial charge in [0, 0.05) is 6.54 Å². The minimum absolute atomic E-state index is 0.265. The van der Waals surface area contributed by atoms with Crippen molar-refractivity contribution in [2.24, 2.45) is 0 Å². The Hall–Kier alpha value is -3.14. The lowest BCUT2D eigenvalue weighted by atomic mass is 10.0. The first-order valence-electron chi connectivity index (χ1n) is 11.5. The van der Waals surface area contributed by atoms with Gasteiger partial charge in [0.25, 0.3) is 0 Å². The monoisotopic (exact) mass is 431 g/mol. The van der Waals surface area contributed by atoms with Gasteiger partial charge in [-0.05, 0) is 76.5 Å². The van der Waals surface area contributed by atoms with Gasteiger partial charge in [0.15, 0.2) is 11.5 Å². The van der Waals surface area contributed by atoms with E-state index in [4.69, 9.17) is 4.74 Å². The van der Waals surface area contributed by atoms with Crippen LogP contribution in [0.4, 0.5) is 20.2 Å². The molecule has 0 atom stereocenters. The molecular formula is C28H27F2NO. The van der Waals surface area contributed by atoms with Crippen LogP contribution >= 0.6 is 0 Å². The molecule has 0 saturated heterocycles. The van der Waals surface area contributed by atoms with Crippen molar-refractivity contribution in [3.63, 3.8) is 0 Å². The molecule has 0 aliphatic carbocycles. The van der Waals surface area contributed by atoms with E-state index in [1.807, 2.05) is 24.3 Å². The van der Waals surface area contributed by atoms with Crippen LogP contribution in [0.5, 0.6) is 11.5 Å². The highest BCUT2D eigenvalue weighted by Crippen LogP contribution is 2.49. The summed E-state index contributed by atoms with van der Waals surface area (Å²) in [7, 11) is 0. The van der Waals surface area contributed by atoms with Crippen LogP contribution in [-0.4, -0.2) is 6.54 Å². The van der Waals surface area contributed by atoms with Crippen molar-refractivity contribution in [1.82, 2.24) is 0 Å². The third-order valence-corrected chi connectivity index (χ3v) is 6.30. The molecule has 5 rings (SSSR count). The lowest BCUT2D eigenvalue weighted by molar-refractivity contribution is 0.473. The molecule has 0 radical (unpaired) electrons. The number of hydrogen-bond acceptors (Lipinski definition) is 2. The van der Waals surface area contributed by atoms with Gasteiger partial charge in [0.1, 0.15) is 11.6 Å². The Bertz CT molecular complexity index is 1190. The van der Waals surface area contributed by atoms with Gasteiger partial charge in [-0.15, -0.1) is 0 Å². The third-order valence-electron chi connectivity index (χ3n) is 6.30. The summed E-state index contributed by atoms with van der Waals surface area (Å²) in [5.41, 5.74) is 1.98. The first-order valence-corrected chi connectivity index (χ1v) is 11.5. The number of unbranched alkanes of at least 4 members (excludes halogenated alkanes) is 5. The van der Waals surface area contributed by atoms with Crippen molar-refractivity contribution in [3.8, 4) is 11.5 Å². The average Bonchev–Trinajstić information content (AvgIpc) is 2.78. The number of rotatable bonds is 7. The smallest absolute Gasteiger partial charge is 0.151 e. The summed E-state index contributed by atoms with van der Waals surface area (Å²) in [4.78, 5) is 2.31. The Morgan fingerprint density at radius 2 is 1.16 bits per heavy atom. The van der Waals surface area contributed by atoms with E-state index < -0.39 is 0 Å². The molecule has 0 bridgehead atoms. The van der Waals surface area contributed by atoms with E-state index in [1.54, 1.807) is 0 Å². The summed E-state index contributed by atoms with van der Waals surface area (Å²) < 4.78 is 33.9. The Kier molecular flexibility index (Phi) is 5.69. The topological polar surface area (TPSA) is 12.5 Å². The zero-order chi connectivity index (χ0) is 22.1. The van der Waals surface area contributed by atoms with Crippen LogP contribution < -0.4 is 9.64 Å². The predicted octanol–water partition coefficient (Wildman–Crippen LogP) is 8.88. The fourth-order valence-corrected chi connectivity index (χ4v) is 4.60. The summed E-state index contributed by atoms with van der Waals surface area (Å²) in [6, 6.07) is 17.6. The quantitative estimate of drug-likeness (QED) is 0.271. The number of nitrogens with zero attached hydrogens (tertiary/aromatic N) is 1. The van der Waals surface area contributed by atoms with E-state index in [2.05, 4.69) is 24.0 Å². The van der Waals surface area contributed by atoms with Gasteiger partial charge in [-0.25, -0.2) is 8.78 Å². The van der Waals surface area contributed by atoms with Crippen molar-refractivity contribution < 1.29 is 13.5 Å². The van der Waals surface area contributed by atoms with E-state index in [0.29, 0.717) is 11.5 Å². The Labute approximate surface area is 187 Å². The van der Waals surface area contributed by atoms with Crippen LogP contribution in [0.25, 0.3) is 21.5 Å². The number of halogens is 2. The van der Waals surface area contributed by atoms with Crippen LogP contribution in [0.15, 0.2) is 60.7 Å². The molecule has 1 aliphatic rings. The van der Waals surface area contributed by atoms with Crippen molar-refractivity contribution in [2.75, 3.05) is 11.4 Å². The number of hydrogen-bond donors (Lipinski definition) is 0. The highest BCUT2D eigenvalue weighted by molar-refractivity contribution is 5.96. The Morgan fingerprint density at radius 3 is 1.72 bits per heavy atom. The fraction of sp³-hybridized carbons (Fsp3) is 0.286. The third kappa shape index (κ3) is 4.02. The second-order valence-corrected chi connectivity index (χ2v) is 8.64. The van der Waals surface area contributed by atoms with E-state index in [-0.39, 0.29) is 11.6 Å². The standard InChI is InChI=1S/C28H27F2NO/c1-2-3-4-5-6-7-12-31-25-15-19-8-10-23(29)13-21(19)17-27(25)32-28-18-22-14-24(30)11-9-20(22)16-26(28)31/h8-11,13-18H,2-7,12H2,1H3. The molecule has 2 nitrogen and oxygen atoms in total. The van der Waals surface area contributed by atoms with E-state index in [9.17, 15) is 8.78 Å². The Morgan fingerprint density at radius 1 is 0.625 bits per heavy atom. The van der Waals surface area contributed by atoms with Gasteiger partial charge >= 0.3 is 0 Å². The van der Waals surface area contributed by atoms with E-state index >= 15 is 0 Å². The maximum absolute atomic E-state index is 13.8. The summed E-state index contributed by atoms with van der Waals surface area (Å²) in [5, 5.41) is 3.57. The molecule has 4 aromatic rings. The number of fused-ring (bicyclic) bond motifs is 4. The molecule has 0 N–H and O–H groups in total. The first kappa shape index (κ1) is 20.7. The van der Waals surface area contributed by atoms with E-state index in [0.717, 1.165) is 45.9 Å². The van der Waals surface area contributed by atoms with Crippen molar-refractivity contribution >= 4 is 32.9 Å². The minimum atomic E-state index is -0.265. The summed E-state index contributed by atoms with van der Waals surface area (Å²) in [6.07, 6.45) is 7.30. The normalized spacial score (nSPS) is 12.7. The number of anilines is 2. The molecule has 0 amide bonds. The molecule has 4 heteroatoms. The molecule has 1 heterocycles. The maximum atomic E-state index is 13.8. The van der Waals surface area contributed by atoms with Crippen LogP contribution in [0, 0.1) is 11.6 Å². The second kappa shape index (κ2) is 8.78. The zero-order valence-corrected chi connectivity index (χ0v) is 18.3. The highest BCUT2D eigenvalue weighted by atomic mass is 19.1. The summed E-state index contributed by atoms with van der Waals surface area (Å²) in [6.45, 7) is 3.10. The van der Waals surface area contributed by atoms with Crippen molar-refractivity contribution in [1.29, 1.82) is 0 Å². The Balaban J connectivity index is 1.54. The van der Waals surface area contributed by atoms with Crippen molar-refractivity contribution in [3.05, 3.63) is 72.3 Å². The zero-order valence-electron chi connectivity index (χ0n) is 18.3. The van der Waals surface area contributed by atoms with Crippen LogP contribution in [0.2, 0.25) is 0 Å². The minimum Gasteiger partial charge on any atom is -0.453 e. The van der Waals surface area contributed by atoms with Crippen LogP contribution in [-0.2, 0) is 0 Å². The summed E-state index contributed by atoms with van der Waals surface area (Å²) in [5.74, 6) is 0.882. The highest BCUT2D eigenvalue weighted by Gasteiger charge is 2.25. The molecule has 4 aromatic carbocycles. The molecule has 32 heavy (non-hydrogen) atoms. The lowest BCUT2D eigenvalue weighted by Gasteiger charge is -2.33. The molecule has 0 unspecified atom stereocenters. The average molecular weight is 432 g/mol. The van der Waals surface area contributed by atoms with E-state index in [1.165, 1.54) is 56.4 Å². The van der Waals surface area contributed by atoms with Gasteiger partial charge in [0.05, 0.1) is 11.4 Å². The number of benzene rings is 4.